The monoisotopic (exact) mass is 217 g/mol. The van der Waals surface area contributed by atoms with Crippen molar-refractivity contribution in [3.63, 3.8) is 0 Å². The molecular weight excluding hydrogens is 206 g/mol. The van der Waals surface area contributed by atoms with Gasteiger partial charge in [-0.25, -0.2) is 4.98 Å². The summed E-state index contributed by atoms with van der Waals surface area (Å²) in [4.78, 5) is 7.07. The molecule has 4 heteroatoms. The van der Waals surface area contributed by atoms with E-state index in [1.165, 1.54) is 0 Å². The fourth-order valence-corrected chi connectivity index (χ4v) is 1.54. The third-order valence-corrected chi connectivity index (χ3v) is 2.38. The van der Waals surface area contributed by atoms with E-state index in [9.17, 15) is 0 Å². The number of para-hydroxylation sites is 2. The lowest BCUT2D eigenvalue weighted by Gasteiger charge is -1.93. The topological polar surface area (TPSA) is 40.7 Å². The quantitative estimate of drug-likeness (QED) is 0.667. The number of hydrogen-bond acceptors (Lipinski definition) is 3. The number of nitrogens with one attached hydrogen (secondary N) is 2. The van der Waals surface area contributed by atoms with Gasteiger partial charge in [0.2, 0.25) is 0 Å². The minimum atomic E-state index is 1.03. The number of nitrogens with zero attached hydrogens (tertiary/aromatic N) is 1. The Bertz CT molecular complexity index is 431. The summed E-state index contributed by atoms with van der Waals surface area (Å²) in [5.74, 6) is 0. The van der Waals surface area contributed by atoms with E-state index in [2.05, 4.69) is 14.7 Å². The Labute approximate surface area is 92.4 Å². The van der Waals surface area contributed by atoms with E-state index in [-0.39, 0.29) is 0 Å². The summed E-state index contributed by atoms with van der Waals surface area (Å²) < 4.78 is 2.93. The van der Waals surface area contributed by atoms with Crippen molar-refractivity contribution in [2.45, 2.75) is 0 Å². The Hall–Kier alpha value is -1.68. The third-order valence-electron chi connectivity index (χ3n) is 1.82. The number of H-pyrrole nitrogens is 1. The maximum atomic E-state index is 4.06. The SMILES string of the molecule is C1=CNSC=C1.c1ccc2[nH]cnc2c1. The van der Waals surface area contributed by atoms with Crippen molar-refractivity contribution in [1.29, 1.82) is 0 Å². The lowest BCUT2D eigenvalue weighted by Crippen LogP contribution is -1.88. The molecule has 1 aromatic heterocycles. The summed E-state index contributed by atoms with van der Waals surface area (Å²) in [7, 11) is 0. The largest absolute Gasteiger partial charge is 0.345 e. The number of hydrogen-bond donors (Lipinski definition) is 2. The third kappa shape index (κ3) is 2.89. The molecule has 0 saturated carbocycles. The molecule has 0 radical (unpaired) electrons. The zero-order valence-electron chi connectivity index (χ0n) is 8.05. The van der Waals surface area contributed by atoms with Gasteiger partial charge in [0.05, 0.1) is 17.4 Å². The molecule has 0 aliphatic carbocycles. The highest BCUT2D eigenvalue weighted by molar-refractivity contribution is 8.00. The number of benzene rings is 1. The fraction of sp³-hybridized carbons (Fsp3) is 0. The van der Waals surface area contributed by atoms with E-state index < -0.39 is 0 Å². The molecule has 1 aromatic carbocycles. The van der Waals surface area contributed by atoms with Gasteiger partial charge in [-0.2, -0.15) is 0 Å². The first-order valence-electron chi connectivity index (χ1n) is 4.58. The van der Waals surface area contributed by atoms with Crippen LogP contribution in [0.5, 0.6) is 0 Å². The van der Waals surface area contributed by atoms with Crippen LogP contribution in [0.25, 0.3) is 11.0 Å². The van der Waals surface area contributed by atoms with E-state index in [1.807, 2.05) is 48.0 Å². The minimum Gasteiger partial charge on any atom is -0.345 e. The summed E-state index contributed by atoms with van der Waals surface area (Å²) in [6.45, 7) is 0. The molecule has 3 rings (SSSR count). The number of fused-ring (bicyclic) bond motifs is 1. The van der Waals surface area contributed by atoms with E-state index in [4.69, 9.17) is 0 Å². The Morgan fingerprint density at radius 1 is 1.13 bits per heavy atom. The second kappa shape index (κ2) is 5.26. The maximum Gasteiger partial charge on any atom is 0.0931 e. The van der Waals surface area contributed by atoms with Crippen LogP contribution >= 0.6 is 11.9 Å². The molecule has 2 heterocycles. The van der Waals surface area contributed by atoms with Gasteiger partial charge in [-0.05, 0) is 35.6 Å². The van der Waals surface area contributed by atoms with Crippen molar-refractivity contribution in [3.8, 4) is 0 Å². The molecule has 0 bridgehead atoms. The molecule has 1 aliphatic heterocycles. The van der Waals surface area contributed by atoms with Crippen molar-refractivity contribution >= 4 is 23.0 Å². The molecule has 0 saturated heterocycles. The van der Waals surface area contributed by atoms with Gasteiger partial charge in [0, 0.05) is 6.20 Å². The molecule has 1 aliphatic rings. The van der Waals surface area contributed by atoms with Crippen LogP contribution in [0.2, 0.25) is 0 Å². The number of aromatic nitrogens is 2. The van der Waals surface area contributed by atoms with Crippen LogP contribution in [0, 0.1) is 0 Å². The second-order valence-corrected chi connectivity index (χ2v) is 3.59. The molecule has 3 nitrogen and oxygen atoms in total. The van der Waals surface area contributed by atoms with Gasteiger partial charge < -0.3 is 9.71 Å². The average molecular weight is 217 g/mol. The number of aromatic amines is 1. The summed E-state index contributed by atoms with van der Waals surface area (Å²) in [6, 6.07) is 7.94. The summed E-state index contributed by atoms with van der Waals surface area (Å²) in [5, 5.41) is 1.99. The summed E-state index contributed by atoms with van der Waals surface area (Å²) in [5.41, 5.74) is 2.12. The Balaban J connectivity index is 0.000000124. The van der Waals surface area contributed by atoms with Crippen LogP contribution in [-0.4, -0.2) is 9.97 Å². The van der Waals surface area contributed by atoms with Crippen LogP contribution in [0.15, 0.2) is 54.4 Å². The van der Waals surface area contributed by atoms with Gasteiger partial charge in [0.25, 0.3) is 0 Å². The lowest BCUT2D eigenvalue weighted by atomic mass is 10.3. The zero-order chi connectivity index (χ0) is 10.3. The first-order valence-corrected chi connectivity index (χ1v) is 5.46. The zero-order valence-corrected chi connectivity index (χ0v) is 8.87. The molecule has 15 heavy (non-hydrogen) atoms. The molecule has 76 valence electrons. The minimum absolute atomic E-state index is 1.03. The van der Waals surface area contributed by atoms with Gasteiger partial charge >= 0.3 is 0 Å². The Morgan fingerprint density at radius 3 is 2.67 bits per heavy atom. The van der Waals surface area contributed by atoms with Crippen LogP contribution in [0.3, 0.4) is 0 Å². The molecule has 2 N–H and O–H groups in total. The van der Waals surface area contributed by atoms with E-state index >= 15 is 0 Å². The van der Waals surface area contributed by atoms with Crippen molar-refractivity contribution in [1.82, 2.24) is 14.7 Å². The first kappa shape index (κ1) is 9.86. The highest BCUT2D eigenvalue weighted by Gasteiger charge is 1.88. The molecule has 0 atom stereocenters. The molecule has 0 unspecified atom stereocenters. The highest BCUT2D eigenvalue weighted by atomic mass is 32.2. The van der Waals surface area contributed by atoms with Gasteiger partial charge in [-0.1, -0.05) is 18.2 Å². The molecule has 0 fully saturated rings. The van der Waals surface area contributed by atoms with Crippen LogP contribution in [0.4, 0.5) is 0 Å². The van der Waals surface area contributed by atoms with E-state index in [1.54, 1.807) is 18.3 Å². The second-order valence-electron chi connectivity index (χ2n) is 2.84. The van der Waals surface area contributed by atoms with Gasteiger partial charge in [0.15, 0.2) is 0 Å². The normalized spacial score (nSPS) is 13.1. The smallest absolute Gasteiger partial charge is 0.0931 e. The van der Waals surface area contributed by atoms with Crippen molar-refractivity contribution in [3.05, 3.63) is 54.4 Å². The molecule has 0 spiro atoms. The molecule has 2 aromatic rings. The van der Waals surface area contributed by atoms with E-state index in [0.29, 0.717) is 0 Å². The van der Waals surface area contributed by atoms with Crippen LogP contribution < -0.4 is 4.72 Å². The number of imidazole rings is 1. The van der Waals surface area contributed by atoms with Crippen molar-refractivity contribution in [2.75, 3.05) is 0 Å². The van der Waals surface area contributed by atoms with Crippen molar-refractivity contribution < 1.29 is 0 Å². The molecule has 0 amide bonds. The predicted octanol–water partition coefficient (Wildman–Crippen LogP) is 2.83. The Kier molecular flexibility index (Phi) is 3.46. The number of allylic oxidation sites excluding steroid dienone is 2. The van der Waals surface area contributed by atoms with Gasteiger partial charge in [-0.3, -0.25) is 0 Å². The fourth-order valence-electron chi connectivity index (χ4n) is 1.14. The van der Waals surface area contributed by atoms with Crippen LogP contribution in [-0.2, 0) is 0 Å². The Morgan fingerprint density at radius 2 is 2.07 bits per heavy atom. The summed E-state index contributed by atoms with van der Waals surface area (Å²) in [6.07, 6.45) is 7.53. The maximum absolute atomic E-state index is 4.06. The van der Waals surface area contributed by atoms with Gasteiger partial charge in [0.1, 0.15) is 0 Å². The average Bonchev–Trinajstić information content (AvgIpc) is 2.80. The van der Waals surface area contributed by atoms with Crippen LogP contribution in [0.1, 0.15) is 0 Å². The molecular formula is C11H11N3S. The predicted molar refractivity (Wildman–Crippen MR) is 65.1 cm³/mol. The standard InChI is InChI=1S/C7H6N2.C4H5NS/c1-2-4-7-6(3-1)8-5-9-7;1-2-4-6-5-3-1/h1-5H,(H,8,9);1-5H. The first-order chi connectivity index (χ1) is 7.47. The lowest BCUT2D eigenvalue weighted by molar-refractivity contribution is 1.34. The van der Waals surface area contributed by atoms with Gasteiger partial charge in [-0.15, -0.1) is 0 Å². The summed E-state index contributed by atoms with van der Waals surface area (Å²) >= 11 is 1.58. The number of rotatable bonds is 0. The van der Waals surface area contributed by atoms with Crippen molar-refractivity contribution in [2.24, 2.45) is 0 Å². The van der Waals surface area contributed by atoms with E-state index in [0.717, 1.165) is 11.0 Å². The highest BCUT2D eigenvalue weighted by Crippen LogP contribution is 2.05.